The highest BCUT2D eigenvalue weighted by Gasteiger charge is 2.22. The Hall–Kier alpha value is -7.90. The number of hydrogen-bond donors (Lipinski definition) is 4. The monoisotopic (exact) mass is 764 g/mol. The van der Waals surface area contributed by atoms with Crippen molar-refractivity contribution in [2.75, 3.05) is 38.1 Å². The van der Waals surface area contributed by atoms with Crippen LogP contribution in [-0.4, -0.2) is 101 Å². The van der Waals surface area contributed by atoms with Crippen molar-refractivity contribution in [3.05, 3.63) is 108 Å². The van der Waals surface area contributed by atoms with E-state index in [0.29, 0.717) is 24.5 Å². The molecule has 0 saturated carbocycles. The van der Waals surface area contributed by atoms with E-state index in [1.54, 1.807) is 46.1 Å². The van der Waals surface area contributed by atoms with Gasteiger partial charge in [-0.05, 0) is 37.1 Å². The summed E-state index contributed by atoms with van der Waals surface area (Å²) in [6.45, 7) is 0.273. The fraction of sp³-hybridized carbons (Fsp3) is 0.167. The number of rotatable bonds is 17. The number of aromatic nitrogens is 8. The number of carbonyl (C=O) groups is 4. The Kier molecular flexibility index (Phi) is 11.7. The van der Waals surface area contributed by atoms with Gasteiger partial charge in [-0.1, -0.05) is 0 Å². The number of aromatic carboxylic acids is 2. The first-order valence-electron chi connectivity index (χ1n) is 16.6. The first kappa shape index (κ1) is 37.8. The minimum Gasteiger partial charge on any atom is -0.493 e. The zero-order valence-corrected chi connectivity index (χ0v) is 29.6. The molecule has 6 aromatic rings. The van der Waals surface area contributed by atoms with Gasteiger partial charge in [0.05, 0.1) is 49.9 Å². The zero-order chi connectivity index (χ0) is 39.6. The largest absolute Gasteiger partial charge is 0.493 e. The Bertz CT molecular complexity index is 2170. The minimum absolute atomic E-state index is 0.0551. The smallest absolute Gasteiger partial charge is 0.337 e. The number of nitrogens with zero attached hydrogens (tertiary/aromatic N) is 8. The van der Waals surface area contributed by atoms with Gasteiger partial charge in [-0.2, -0.15) is 0 Å². The molecule has 286 valence electrons. The van der Waals surface area contributed by atoms with Crippen LogP contribution in [0.15, 0.2) is 86.0 Å². The molecule has 0 spiro atoms. The number of carboxylic acids is 2. The van der Waals surface area contributed by atoms with Crippen molar-refractivity contribution < 1.29 is 48.3 Å². The second kappa shape index (κ2) is 17.3. The highest BCUT2D eigenvalue weighted by Crippen LogP contribution is 2.35. The molecule has 4 heterocycles. The number of nitrogens with one attached hydrogen (secondary N) is 2. The van der Waals surface area contributed by atoms with Crippen LogP contribution in [0.5, 0.6) is 23.0 Å². The van der Waals surface area contributed by atoms with Crippen LogP contribution < -0.4 is 29.6 Å². The van der Waals surface area contributed by atoms with Gasteiger partial charge in [-0.25, -0.2) is 19.6 Å². The molecular weight excluding hydrogens is 732 g/mol. The van der Waals surface area contributed by atoms with Gasteiger partial charge >= 0.3 is 11.9 Å². The zero-order valence-electron chi connectivity index (χ0n) is 29.6. The fourth-order valence-electron chi connectivity index (χ4n) is 5.12. The molecule has 20 nitrogen and oxygen atoms in total. The van der Waals surface area contributed by atoms with E-state index in [1.165, 1.54) is 63.3 Å². The molecule has 2 aromatic carbocycles. The Balaban J connectivity index is 1.07. The van der Waals surface area contributed by atoms with Gasteiger partial charge in [-0.15, -0.1) is 20.4 Å². The summed E-state index contributed by atoms with van der Waals surface area (Å²) in [5.74, 6) is -2.58. The number of imidazole rings is 2. The number of benzene rings is 2. The molecule has 2 amide bonds. The second-order valence-corrected chi connectivity index (χ2v) is 11.5. The summed E-state index contributed by atoms with van der Waals surface area (Å²) in [4.78, 5) is 58.0. The van der Waals surface area contributed by atoms with Crippen molar-refractivity contribution in [2.24, 2.45) is 0 Å². The first-order valence-corrected chi connectivity index (χ1v) is 16.6. The third-order valence-electron chi connectivity index (χ3n) is 7.92. The van der Waals surface area contributed by atoms with Crippen LogP contribution in [0.25, 0.3) is 11.6 Å². The lowest BCUT2D eigenvalue weighted by Gasteiger charge is -2.16. The lowest BCUT2D eigenvalue weighted by Crippen LogP contribution is -2.17. The van der Waals surface area contributed by atoms with E-state index in [4.69, 9.17) is 18.9 Å². The van der Waals surface area contributed by atoms with Crippen LogP contribution >= 0.6 is 0 Å². The van der Waals surface area contributed by atoms with E-state index < -0.39 is 23.8 Å². The third-order valence-corrected chi connectivity index (χ3v) is 7.92. The molecule has 0 aliphatic heterocycles. The van der Waals surface area contributed by atoms with Crippen LogP contribution in [0.4, 0.5) is 11.4 Å². The van der Waals surface area contributed by atoms with Crippen molar-refractivity contribution in [3.8, 4) is 34.6 Å². The quantitative estimate of drug-likeness (QED) is 0.0963. The summed E-state index contributed by atoms with van der Waals surface area (Å²) in [5.41, 5.74) is -0.708. The van der Waals surface area contributed by atoms with E-state index >= 15 is 0 Å². The third kappa shape index (κ3) is 8.82. The second-order valence-electron chi connectivity index (χ2n) is 11.5. The molecule has 4 aromatic heterocycles. The maximum absolute atomic E-state index is 13.0. The lowest BCUT2D eigenvalue weighted by molar-refractivity contribution is 0.0686. The van der Waals surface area contributed by atoms with E-state index in [9.17, 15) is 29.4 Å². The van der Waals surface area contributed by atoms with Gasteiger partial charge in [0.2, 0.25) is 0 Å². The summed E-state index contributed by atoms with van der Waals surface area (Å²) < 4.78 is 25.7. The van der Waals surface area contributed by atoms with Crippen LogP contribution in [0, 0.1) is 0 Å². The summed E-state index contributed by atoms with van der Waals surface area (Å²) in [5, 5.41) is 40.7. The molecule has 0 bridgehead atoms. The summed E-state index contributed by atoms with van der Waals surface area (Å²) >= 11 is 0. The number of anilines is 2. The molecule has 0 atom stereocenters. The number of amides is 2. The number of methoxy groups -OCH3 is 2. The van der Waals surface area contributed by atoms with Crippen LogP contribution in [0.2, 0.25) is 0 Å². The summed E-state index contributed by atoms with van der Waals surface area (Å²) in [6.07, 6.45) is 10.4. The summed E-state index contributed by atoms with van der Waals surface area (Å²) in [6, 6.07) is 11.1. The summed E-state index contributed by atoms with van der Waals surface area (Å²) in [7, 11) is 2.70. The van der Waals surface area contributed by atoms with Gasteiger partial charge < -0.3 is 39.8 Å². The normalized spacial score (nSPS) is 10.7. The molecule has 0 fully saturated rings. The Morgan fingerprint density at radius 1 is 0.607 bits per heavy atom. The SMILES string of the molecule is COc1cc(C(=O)O)c(NC(=O)c2ccc(-n3ccnc3)nn2)cc1OCCCCOc1cc(NC(=O)c2ccc(-n3ccnc3)nn2)c(C(=O)O)cc1OC. The number of unbranched alkanes of at least 4 members (excludes halogenated alkanes) is 1. The van der Waals surface area contributed by atoms with Gasteiger partial charge in [-0.3, -0.25) is 18.7 Å². The van der Waals surface area contributed by atoms with Gasteiger partial charge in [0, 0.05) is 49.1 Å². The van der Waals surface area contributed by atoms with E-state index in [0.717, 1.165) is 0 Å². The maximum Gasteiger partial charge on any atom is 0.337 e. The standard InChI is InChI=1S/C36H32N10O10/c1-53-27-15-21(35(49)50)25(39-33(47)23-5-7-31(43-41-23)45-11-9-37-19-45)17-29(27)55-13-3-4-14-56-30-18-26(22(36(51)52)16-28(30)54-2)40-34(48)24-6-8-32(44-42-24)46-12-10-38-20-46/h5-12,15-20H,3-4,13-14H2,1-2H3,(H,39,47)(H,40,48)(H,49,50)(H,51,52). The Morgan fingerprint density at radius 2 is 1.04 bits per heavy atom. The van der Waals surface area contributed by atoms with Crippen molar-refractivity contribution in [3.63, 3.8) is 0 Å². The topological polar surface area (TPSA) is 257 Å². The maximum atomic E-state index is 13.0. The average Bonchev–Trinajstić information content (AvgIpc) is 3.95. The molecular formula is C36H32N10O10. The lowest BCUT2D eigenvalue weighted by atomic mass is 10.1. The van der Waals surface area contributed by atoms with E-state index in [1.807, 2.05) is 0 Å². The Labute approximate surface area is 316 Å². The highest BCUT2D eigenvalue weighted by atomic mass is 16.5. The van der Waals surface area contributed by atoms with Gasteiger partial charge in [0.15, 0.2) is 46.0 Å². The molecule has 56 heavy (non-hydrogen) atoms. The molecule has 0 unspecified atom stereocenters. The predicted molar refractivity (Wildman–Crippen MR) is 194 cm³/mol. The van der Waals surface area contributed by atoms with Crippen molar-refractivity contribution in [2.45, 2.75) is 12.8 Å². The molecule has 0 aliphatic rings. The molecule has 20 heteroatoms. The predicted octanol–water partition coefficient (Wildman–Crippen LogP) is 3.79. The van der Waals surface area contributed by atoms with E-state index in [2.05, 4.69) is 41.0 Å². The number of carboxylic acid groups (broad SMARTS) is 2. The number of hydrogen-bond acceptors (Lipinski definition) is 14. The van der Waals surface area contributed by atoms with E-state index in [-0.39, 0.29) is 70.1 Å². The van der Waals surface area contributed by atoms with Crippen LogP contribution in [0.1, 0.15) is 54.5 Å². The molecule has 6 rings (SSSR count). The minimum atomic E-state index is -1.31. The van der Waals surface area contributed by atoms with Crippen LogP contribution in [0.3, 0.4) is 0 Å². The van der Waals surface area contributed by atoms with Crippen LogP contribution in [-0.2, 0) is 0 Å². The Morgan fingerprint density at radius 3 is 1.36 bits per heavy atom. The number of ether oxygens (including phenoxy) is 4. The average molecular weight is 765 g/mol. The van der Waals surface area contributed by atoms with Crippen molar-refractivity contribution >= 4 is 35.1 Å². The first-order chi connectivity index (χ1) is 27.1. The fourth-order valence-corrected chi connectivity index (χ4v) is 5.12. The molecule has 4 N–H and O–H groups in total. The van der Waals surface area contributed by atoms with Crippen molar-refractivity contribution in [1.82, 2.24) is 39.5 Å². The molecule has 0 aliphatic carbocycles. The van der Waals surface area contributed by atoms with Gasteiger partial charge in [0.1, 0.15) is 12.7 Å². The molecule has 0 saturated heterocycles. The number of carbonyl (C=O) groups excluding carboxylic acids is 2. The highest BCUT2D eigenvalue weighted by molar-refractivity contribution is 6.08. The molecule has 0 radical (unpaired) electrons. The van der Waals surface area contributed by atoms with Crippen molar-refractivity contribution in [1.29, 1.82) is 0 Å². The van der Waals surface area contributed by atoms with Gasteiger partial charge in [0.25, 0.3) is 11.8 Å².